The Hall–Kier alpha value is -5.13. The van der Waals surface area contributed by atoms with E-state index in [0.717, 1.165) is 30.3 Å². The number of hydrogen-bond acceptors (Lipinski definition) is 13. The van der Waals surface area contributed by atoms with Crippen molar-refractivity contribution < 1.29 is 67.6 Å². The number of carbonyl (C=O) groups is 3. The first kappa shape index (κ1) is 40.5. The summed E-state index contributed by atoms with van der Waals surface area (Å²) in [5, 5.41) is 16.8. The van der Waals surface area contributed by atoms with Gasteiger partial charge >= 0.3 is 11.9 Å². The minimum absolute atomic E-state index is 0.00488. The molecule has 0 radical (unpaired) electrons. The van der Waals surface area contributed by atoms with Crippen molar-refractivity contribution in [2.75, 3.05) is 18.8 Å². The third-order valence-electron chi connectivity index (χ3n) is 8.87. The van der Waals surface area contributed by atoms with Crippen LogP contribution < -0.4 is 15.8 Å². The number of amides is 1. The molecule has 0 atom stereocenters. The second kappa shape index (κ2) is 14.4. The van der Waals surface area contributed by atoms with Crippen molar-refractivity contribution in [3.63, 3.8) is 0 Å². The number of nitrogen functional groups attached to an aromatic ring is 1. The van der Waals surface area contributed by atoms with Gasteiger partial charge in [-0.2, -0.15) is 25.3 Å². The number of anilines is 1. The van der Waals surface area contributed by atoms with Gasteiger partial charge in [-0.1, -0.05) is 29.3 Å². The molecule has 3 aliphatic rings. The van der Waals surface area contributed by atoms with Crippen LogP contribution in [0.3, 0.4) is 0 Å². The molecular weight excluding hydrogens is 845 g/mol. The van der Waals surface area contributed by atoms with Gasteiger partial charge in [-0.15, -0.1) is 0 Å². The number of benzene rings is 4. The second-order valence-electron chi connectivity index (χ2n) is 12.4. The predicted molar refractivity (Wildman–Crippen MR) is 196 cm³/mol. The van der Waals surface area contributed by atoms with Gasteiger partial charge in [-0.3, -0.25) is 28.7 Å². The fourth-order valence-electron chi connectivity index (χ4n) is 6.34. The molecule has 0 bridgehead atoms. The molecule has 0 saturated carbocycles. The fraction of sp³-hybridized carbons (Fsp3) is 0.152. The van der Waals surface area contributed by atoms with Crippen LogP contribution in [0.2, 0.25) is 10.0 Å². The number of rotatable bonds is 8. The third-order valence-corrected chi connectivity index (χ3v) is 12.1. The van der Waals surface area contributed by atoms with Crippen molar-refractivity contribution in [2.24, 2.45) is 5.92 Å². The normalized spacial score (nSPS) is 14.3. The van der Waals surface area contributed by atoms with Gasteiger partial charge in [-0.05, 0) is 66.9 Å². The minimum Gasteiger partial charge on any atom is -0.478 e. The summed E-state index contributed by atoms with van der Waals surface area (Å²) in [5.74, 6) is -4.91. The molecule has 0 spiro atoms. The van der Waals surface area contributed by atoms with Crippen LogP contribution in [0, 0.1) is 11.3 Å². The molecule has 1 aliphatic carbocycles. The van der Waals surface area contributed by atoms with Crippen LogP contribution in [-0.4, -0.2) is 79.9 Å². The Morgan fingerprint density at radius 2 is 1.41 bits per heavy atom. The number of nitrogens with zero attached hydrogens (tertiary/aromatic N) is 1. The highest BCUT2D eigenvalue weighted by molar-refractivity contribution is 7.86. The van der Waals surface area contributed by atoms with E-state index in [-0.39, 0.29) is 69.4 Å². The standard InChI is InChI=1S/C33H25Cl2N3O15S3/c34-21-12-16(54(43,44)45)13-22(35)28(21)53-33(42)14-7-9-38(10-8-14)31(39)15-1-2-17(20(11-15)32(40)41)25-18-3-5-23(36)29(55(46,47)48)26(18)52-27-19(25)4-6-24(37)30(27)56(49,50)51/h1-6,11-14,36H,7-10,37H2,(H,40,41)(H,43,44,45)(H,46,47,48)(H,49,50,51). The Morgan fingerprint density at radius 1 is 0.821 bits per heavy atom. The van der Waals surface area contributed by atoms with E-state index in [1.165, 1.54) is 29.2 Å². The number of aromatic carboxylic acids is 1. The summed E-state index contributed by atoms with van der Waals surface area (Å²) in [6.07, 6.45) is 0.150. The average Bonchev–Trinajstić information content (AvgIpc) is 3.09. The number of likely N-dealkylation sites (tertiary alicyclic amines) is 1. The Bertz CT molecular complexity index is 2880. The van der Waals surface area contributed by atoms with Crippen molar-refractivity contribution in [1.82, 2.24) is 4.90 Å². The van der Waals surface area contributed by atoms with Crippen molar-refractivity contribution >= 4 is 88.1 Å². The predicted octanol–water partition coefficient (Wildman–Crippen LogP) is 4.47. The zero-order chi connectivity index (χ0) is 41.2. The summed E-state index contributed by atoms with van der Waals surface area (Å²) in [7, 11) is -15.1. The average molecular weight is 871 g/mol. The highest BCUT2D eigenvalue weighted by Gasteiger charge is 2.34. The summed E-state index contributed by atoms with van der Waals surface area (Å²) in [4.78, 5) is 38.0. The number of nitrogens with two attached hydrogens (primary N) is 1. The first-order chi connectivity index (χ1) is 26.0. The molecule has 0 unspecified atom stereocenters. The van der Waals surface area contributed by atoms with Crippen LogP contribution in [0.1, 0.15) is 33.6 Å². The summed E-state index contributed by atoms with van der Waals surface area (Å²) in [6, 6.07) is 9.58. The van der Waals surface area contributed by atoms with E-state index in [1.807, 2.05) is 0 Å². The largest absolute Gasteiger partial charge is 0.478 e. The first-order valence-corrected chi connectivity index (χ1v) is 20.7. The molecule has 18 nitrogen and oxygen atoms in total. The first-order valence-electron chi connectivity index (χ1n) is 15.7. The number of carboxylic acid groups (broad SMARTS) is 1. The second-order valence-corrected chi connectivity index (χ2v) is 17.3. The lowest BCUT2D eigenvalue weighted by Crippen LogP contribution is -2.41. The van der Waals surface area contributed by atoms with Crippen LogP contribution in [0.25, 0.3) is 33.4 Å². The van der Waals surface area contributed by atoms with Crippen LogP contribution >= 0.6 is 23.2 Å². The van der Waals surface area contributed by atoms with Gasteiger partial charge in [0.2, 0.25) is 0 Å². The number of carboxylic acids is 1. The van der Waals surface area contributed by atoms with Crippen LogP contribution in [-0.2, 0) is 35.1 Å². The smallest absolute Gasteiger partial charge is 0.336 e. The Balaban J connectivity index is 1.36. The molecule has 2 heterocycles. The summed E-state index contributed by atoms with van der Waals surface area (Å²) < 4.78 is 113. The molecule has 3 aromatic carbocycles. The maximum absolute atomic E-state index is 13.7. The number of esters is 1. The molecule has 3 aromatic rings. The quantitative estimate of drug-likeness (QED) is 0.0412. The van der Waals surface area contributed by atoms with E-state index in [2.05, 4.69) is 0 Å². The molecule has 294 valence electrons. The maximum Gasteiger partial charge on any atom is 0.336 e. The third kappa shape index (κ3) is 7.54. The molecule has 6 rings (SSSR count). The van der Waals surface area contributed by atoms with E-state index in [1.54, 1.807) is 0 Å². The number of hydrogen-bond donors (Lipinski definition) is 6. The van der Waals surface area contributed by atoms with Gasteiger partial charge in [0, 0.05) is 35.2 Å². The van der Waals surface area contributed by atoms with Crippen molar-refractivity contribution in [1.29, 1.82) is 5.41 Å². The number of fused-ring (bicyclic) bond motifs is 2. The molecule has 0 aromatic heterocycles. The van der Waals surface area contributed by atoms with Crippen molar-refractivity contribution in [2.45, 2.75) is 27.5 Å². The molecule has 1 fully saturated rings. The van der Waals surface area contributed by atoms with Gasteiger partial charge in [0.25, 0.3) is 36.3 Å². The van der Waals surface area contributed by atoms with Crippen molar-refractivity contribution in [3.8, 4) is 28.2 Å². The van der Waals surface area contributed by atoms with Gasteiger partial charge in [0.15, 0.2) is 26.9 Å². The lowest BCUT2D eigenvalue weighted by Gasteiger charge is -2.31. The lowest BCUT2D eigenvalue weighted by molar-refractivity contribution is -0.140. The SMILES string of the molecule is N=c1ccc2c(-c3ccc(C(=O)N4CCC(C(=O)Oc5c(Cl)cc(S(=O)(=O)O)cc5Cl)CC4)cc3C(=O)O)c3ccc(N)c(S(=O)(=O)O)c3oc-2c1S(=O)(=O)O. The number of carbonyl (C=O) groups excluding carboxylic acids is 2. The van der Waals surface area contributed by atoms with Gasteiger partial charge in [0.05, 0.1) is 37.5 Å². The van der Waals surface area contributed by atoms with E-state index < -0.39 is 96.8 Å². The number of halogens is 2. The van der Waals surface area contributed by atoms with Gasteiger partial charge in [-0.25, -0.2) is 4.79 Å². The molecule has 56 heavy (non-hydrogen) atoms. The highest BCUT2D eigenvalue weighted by Crippen LogP contribution is 2.46. The topological polar surface area (TPSA) is 310 Å². The molecule has 1 saturated heterocycles. The monoisotopic (exact) mass is 869 g/mol. The molecule has 7 N–H and O–H groups in total. The lowest BCUT2D eigenvalue weighted by atomic mass is 9.89. The van der Waals surface area contributed by atoms with Crippen LogP contribution in [0.4, 0.5) is 5.69 Å². The van der Waals surface area contributed by atoms with E-state index >= 15 is 0 Å². The summed E-state index contributed by atoms with van der Waals surface area (Å²) >= 11 is 12.1. The highest BCUT2D eigenvalue weighted by atomic mass is 35.5. The summed E-state index contributed by atoms with van der Waals surface area (Å²) in [6.45, 7) is -0.00976. The van der Waals surface area contributed by atoms with Gasteiger partial charge < -0.3 is 24.9 Å². The van der Waals surface area contributed by atoms with E-state index in [0.29, 0.717) is 0 Å². The number of nitrogens with one attached hydrogen (secondary N) is 1. The number of piperidine rings is 1. The zero-order valence-corrected chi connectivity index (χ0v) is 31.8. The van der Waals surface area contributed by atoms with E-state index in [9.17, 15) is 58.4 Å². The molecule has 23 heteroatoms. The molecule has 2 aliphatic heterocycles. The minimum atomic E-state index is -5.24. The zero-order valence-electron chi connectivity index (χ0n) is 27.9. The van der Waals surface area contributed by atoms with E-state index in [4.69, 9.17) is 43.5 Å². The number of ether oxygens (including phenoxy) is 1. The summed E-state index contributed by atoms with van der Waals surface area (Å²) in [5.41, 5.74) is 3.32. The Kier molecular flexibility index (Phi) is 10.4. The van der Waals surface area contributed by atoms with Crippen LogP contribution in [0.5, 0.6) is 5.75 Å². The fourth-order valence-corrected chi connectivity index (χ4v) is 9.05. The maximum atomic E-state index is 13.7. The Labute approximate surface area is 326 Å². The van der Waals surface area contributed by atoms with Gasteiger partial charge in [0.1, 0.15) is 0 Å². The van der Waals surface area contributed by atoms with Crippen LogP contribution in [0.15, 0.2) is 73.7 Å². The molecular formula is C33H25Cl2N3O15S3. The molecule has 1 amide bonds. The Morgan fingerprint density at radius 3 is 1.96 bits per heavy atom. The van der Waals surface area contributed by atoms with Crippen molar-refractivity contribution in [3.05, 3.63) is 81.1 Å².